The molecule has 1 atom stereocenters. The van der Waals surface area contributed by atoms with Crippen LogP contribution in [0.2, 0.25) is 0 Å². The lowest BCUT2D eigenvalue weighted by Gasteiger charge is -2.28. The van der Waals surface area contributed by atoms with Crippen LogP contribution in [0.3, 0.4) is 0 Å². The third-order valence-electron chi connectivity index (χ3n) is 3.96. The summed E-state index contributed by atoms with van der Waals surface area (Å²) in [5.74, 6) is -0.195. The first kappa shape index (κ1) is 18.2. The van der Waals surface area contributed by atoms with Crippen molar-refractivity contribution in [2.24, 2.45) is 0 Å². The predicted molar refractivity (Wildman–Crippen MR) is 99.5 cm³/mol. The van der Waals surface area contributed by atoms with E-state index in [9.17, 15) is 9.90 Å². The van der Waals surface area contributed by atoms with Gasteiger partial charge in [0.15, 0.2) is 0 Å². The lowest BCUT2D eigenvalue weighted by molar-refractivity contribution is 0.0314. The standard InChI is InChI=1S/C18H19Br2NO2/c1-3-18(23,13-7-9-14(19)10-8-13)11-21-17(22)16-12(2)5-4-6-15(16)20/h4-10,23H,3,11H2,1-2H3,(H,21,22)/t18-/m0/s1. The summed E-state index contributed by atoms with van der Waals surface area (Å²) in [7, 11) is 0. The molecular formula is C18H19Br2NO2. The Kier molecular flexibility index (Phi) is 6.00. The maximum Gasteiger partial charge on any atom is 0.252 e. The minimum atomic E-state index is -1.09. The number of aliphatic hydroxyl groups is 1. The Hall–Kier alpha value is -1.17. The van der Waals surface area contributed by atoms with Gasteiger partial charge in [-0.2, -0.15) is 0 Å². The Morgan fingerprint density at radius 1 is 1.17 bits per heavy atom. The Labute approximate surface area is 153 Å². The molecule has 1 amide bonds. The van der Waals surface area contributed by atoms with Gasteiger partial charge in [0, 0.05) is 8.95 Å². The second kappa shape index (κ2) is 7.60. The number of hydrogen-bond acceptors (Lipinski definition) is 2. The first-order valence-corrected chi connectivity index (χ1v) is 8.97. The molecule has 2 N–H and O–H groups in total. The van der Waals surface area contributed by atoms with Crippen LogP contribution in [0.5, 0.6) is 0 Å². The highest BCUT2D eigenvalue weighted by Crippen LogP contribution is 2.26. The van der Waals surface area contributed by atoms with E-state index in [2.05, 4.69) is 37.2 Å². The largest absolute Gasteiger partial charge is 0.383 e. The predicted octanol–water partition coefficient (Wildman–Crippen LogP) is 4.55. The van der Waals surface area contributed by atoms with Crippen molar-refractivity contribution >= 4 is 37.8 Å². The number of hydrogen-bond donors (Lipinski definition) is 2. The van der Waals surface area contributed by atoms with Crippen LogP contribution in [-0.2, 0) is 5.60 Å². The molecule has 0 aromatic heterocycles. The molecule has 3 nitrogen and oxygen atoms in total. The van der Waals surface area contributed by atoms with Gasteiger partial charge in [-0.3, -0.25) is 4.79 Å². The van der Waals surface area contributed by atoms with Gasteiger partial charge < -0.3 is 10.4 Å². The van der Waals surface area contributed by atoms with E-state index < -0.39 is 5.60 Å². The van der Waals surface area contributed by atoms with Crippen LogP contribution in [0, 0.1) is 6.92 Å². The first-order valence-electron chi connectivity index (χ1n) is 7.39. The number of carbonyl (C=O) groups excluding carboxylic acids is 1. The Balaban J connectivity index is 2.17. The summed E-state index contributed by atoms with van der Waals surface area (Å²) >= 11 is 6.80. The number of rotatable bonds is 5. The normalized spacial score (nSPS) is 13.4. The van der Waals surface area contributed by atoms with Gasteiger partial charge in [-0.05, 0) is 58.6 Å². The summed E-state index contributed by atoms with van der Waals surface area (Å²) < 4.78 is 1.70. The third kappa shape index (κ3) is 4.22. The van der Waals surface area contributed by atoms with Crippen LogP contribution in [-0.4, -0.2) is 17.6 Å². The van der Waals surface area contributed by atoms with E-state index in [0.29, 0.717) is 12.0 Å². The average molecular weight is 441 g/mol. The van der Waals surface area contributed by atoms with Crippen LogP contribution >= 0.6 is 31.9 Å². The number of aryl methyl sites for hydroxylation is 1. The third-order valence-corrected chi connectivity index (χ3v) is 5.15. The Morgan fingerprint density at radius 3 is 2.39 bits per heavy atom. The molecule has 0 aliphatic heterocycles. The fourth-order valence-corrected chi connectivity index (χ4v) is 3.34. The highest BCUT2D eigenvalue weighted by molar-refractivity contribution is 9.10. The molecule has 0 radical (unpaired) electrons. The van der Waals surface area contributed by atoms with E-state index in [4.69, 9.17) is 0 Å². The van der Waals surface area contributed by atoms with E-state index in [0.717, 1.165) is 20.1 Å². The molecule has 2 rings (SSSR count). The molecule has 2 aromatic rings. The van der Waals surface area contributed by atoms with E-state index in [-0.39, 0.29) is 12.5 Å². The molecule has 0 spiro atoms. The summed E-state index contributed by atoms with van der Waals surface area (Å²) in [5.41, 5.74) is 1.18. The van der Waals surface area contributed by atoms with Gasteiger partial charge in [0.05, 0.1) is 12.1 Å². The van der Waals surface area contributed by atoms with Crippen molar-refractivity contribution < 1.29 is 9.90 Å². The van der Waals surface area contributed by atoms with Gasteiger partial charge in [-0.1, -0.05) is 47.1 Å². The van der Waals surface area contributed by atoms with Gasteiger partial charge in [-0.15, -0.1) is 0 Å². The highest BCUT2D eigenvalue weighted by atomic mass is 79.9. The highest BCUT2D eigenvalue weighted by Gasteiger charge is 2.28. The van der Waals surface area contributed by atoms with Gasteiger partial charge in [0.2, 0.25) is 0 Å². The van der Waals surface area contributed by atoms with Gasteiger partial charge in [-0.25, -0.2) is 0 Å². The molecule has 0 heterocycles. The average Bonchev–Trinajstić information content (AvgIpc) is 2.53. The minimum Gasteiger partial charge on any atom is -0.383 e. The van der Waals surface area contributed by atoms with E-state index in [1.54, 1.807) is 0 Å². The van der Waals surface area contributed by atoms with Crippen molar-refractivity contribution in [2.75, 3.05) is 6.54 Å². The van der Waals surface area contributed by atoms with E-state index >= 15 is 0 Å². The molecule has 2 aromatic carbocycles. The summed E-state index contributed by atoms with van der Waals surface area (Å²) in [6, 6.07) is 13.1. The van der Waals surface area contributed by atoms with Crippen molar-refractivity contribution in [1.82, 2.24) is 5.32 Å². The summed E-state index contributed by atoms with van der Waals surface area (Å²) in [4.78, 5) is 12.5. The van der Waals surface area contributed by atoms with Crippen LogP contribution < -0.4 is 5.32 Å². The smallest absolute Gasteiger partial charge is 0.252 e. The number of benzene rings is 2. The lowest BCUT2D eigenvalue weighted by Crippen LogP contribution is -2.40. The van der Waals surface area contributed by atoms with Gasteiger partial charge in [0.25, 0.3) is 5.91 Å². The fourth-order valence-electron chi connectivity index (χ4n) is 2.43. The SMILES string of the molecule is CC[C@](O)(CNC(=O)c1c(C)cccc1Br)c1ccc(Br)cc1. The van der Waals surface area contributed by atoms with Crippen molar-refractivity contribution in [1.29, 1.82) is 0 Å². The Morgan fingerprint density at radius 2 is 1.83 bits per heavy atom. The molecule has 0 saturated heterocycles. The van der Waals surface area contributed by atoms with Crippen LogP contribution in [0.15, 0.2) is 51.4 Å². The quantitative estimate of drug-likeness (QED) is 0.716. The van der Waals surface area contributed by atoms with E-state index in [1.165, 1.54) is 0 Å². The van der Waals surface area contributed by atoms with Gasteiger partial charge >= 0.3 is 0 Å². The minimum absolute atomic E-state index is 0.157. The molecule has 0 saturated carbocycles. The second-order valence-corrected chi connectivity index (χ2v) is 7.28. The first-order chi connectivity index (χ1) is 10.9. The summed E-state index contributed by atoms with van der Waals surface area (Å²) in [6.07, 6.45) is 0.504. The number of amides is 1. The summed E-state index contributed by atoms with van der Waals surface area (Å²) in [6.45, 7) is 3.95. The molecule has 5 heteroatoms. The number of carbonyl (C=O) groups is 1. The molecular weight excluding hydrogens is 422 g/mol. The zero-order chi connectivity index (χ0) is 17.0. The van der Waals surface area contributed by atoms with Crippen molar-refractivity contribution in [3.63, 3.8) is 0 Å². The molecule has 122 valence electrons. The maximum absolute atomic E-state index is 12.5. The molecule has 0 bridgehead atoms. The number of halogens is 2. The molecule has 0 unspecified atom stereocenters. The van der Waals surface area contributed by atoms with Gasteiger partial charge in [0.1, 0.15) is 5.60 Å². The van der Waals surface area contributed by atoms with Crippen LogP contribution in [0.25, 0.3) is 0 Å². The monoisotopic (exact) mass is 439 g/mol. The maximum atomic E-state index is 12.5. The second-order valence-electron chi connectivity index (χ2n) is 5.51. The summed E-state index contributed by atoms with van der Waals surface area (Å²) in [5, 5.41) is 13.7. The zero-order valence-electron chi connectivity index (χ0n) is 13.1. The fraction of sp³-hybridized carbons (Fsp3) is 0.278. The lowest BCUT2D eigenvalue weighted by atomic mass is 9.91. The zero-order valence-corrected chi connectivity index (χ0v) is 16.2. The van der Waals surface area contributed by atoms with Crippen molar-refractivity contribution in [3.8, 4) is 0 Å². The van der Waals surface area contributed by atoms with Crippen molar-refractivity contribution in [2.45, 2.75) is 25.9 Å². The topological polar surface area (TPSA) is 49.3 Å². The van der Waals surface area contributed by atoms with Crippen molar-refractivity contribution in [3.05, 3.63) is 68.1 Å². The van der Waals surface area contributed by atoms with Crippen LogP contribution in [0.4, 0.5) is 0 Å². The molecule has 0 aliphatic rings. The van der Waals surface area contributed by atoms with E-state index in [1.807, 2.05) is 56.3 Å². The molecule has 0 aliphatic carbocycles. The molecule has 23 heavy (non-hydrogen) atoms. The molecule has 0 fully saturated rings. The number of nitrogens with one attached hydrogen (secondary N) is 1. The van der Waals surface area contributed by atoms with Crippen LogP contribution in [0.1, 0.15) is 34.8 Å². The Bertz CT molecular complexity index is 680.